The van der Waals surface area contributed by atoms with Crippen molar-refractivity contribution in [1.82, 2.24) is 15.3 Å². The summed E-state index contributed by atoms with van der Waals surface area (Å²) in [4.78, 5) is 19.4. The highest BCUT2D eigenvalue weighted by Crippen LogP contribution is 1.96. The molecule has 0 fully saturated rings. The van der Waals surface area contributed by atoms with Gasteiger partial charge in [0.15, 0.2) is 0 Å². The summed E-state index contributed by atoms with van der Waals surface area (Å²) >= 11 is 0. The average Bonchev–Trinajstić information content (AvgIpc) is 2.28. The van der Waals surface area contributed by atoms with Crippen molar-refractivity contribution >= 4 is 5.91 Å². The van der Waals surface area contributed by atoms with Crippen LogP contribution in [0.3, 0.4) is 0 Å². The number of carbonyl (C=O) groups excluding carboxylic acids is 1. The molecule has 1 N–H and O–H groups in total. The normalized spacial score (nSPS) is 10.1. The predicted octanol–water partition coefficient (Wildman–Crippen LogP) is 0.941. The SMILES string of the molecule is CCOCCCNC(=O)c1cc(C)ncn1. The Balaban J connectivity index is 2.30. The lowest BCUT2D eigenvalue weighted by Crippen LogP contribution is -2.26. The zero-order valence-corrected chi connectivity index (χ0v) is 9.69. The van der Waals surface area contributed by atoms with Crippen LogP contribution in [-0.4, -0.2) is 35.6 Å². The maximum Gasteiger partial charge on any atom is 0.270 e. The third kappa shape index (κ3) is 4.35. The molecule has 0 aliphatic heterocycles. The summed E-state index contributed by atoms with van der Waals surface area (Å²) in [6, 6.07) is 1.66. The Morgan fingerprint density at radius 1 is 1.50 bits per heavy atom. The van der Waals surface area contributed by atoms with Gasteiger partial charge in [0.2, 0.25) is 0 Å². The van der Waals surface area contributed by atoms with Gasteiger partial charge in [-0.25, -0.2) is 9.97 Å². The molecule has 1 aromatic rings. The fraction of sp³-hybridized carbons (Fsp3) is 0.545. The Hall–Kier alpha value is -1.49. The van der Waals surface area contributed by atoms with Crippen LogP contribution in [0.15, 0.2) is 12.4 Å². The van der Waals surface area contributed by atoms with Gasteiger partial charge < -0.3 is 10.1 Å². The Morgan fingerprint density at radius 2 is 2.31 bits per heavy atom. The average molecular weight is 223 g/mol. The molecular weight excluding hydrogens is 206 g/mol. The van der Waals surface area contributed by atoms with E-state index in [1.807, 2.05) is 13.8 Å². The smallest absolute Gasteiger partial charge is 0.270 e. The Kier molecular flexibility index (Phi) is 5.42. The van der Waals surface area contributed by atoms with Gasteiger partial charge in [-0.1, -0.05) is 0 Å². The lowest BCUT2D eigenvalue weighted by atomic mass is 10.3. The van der Waals surface area contributed by atoms with Gasteiger partial charge in [0, 0.05) is 25.5 Å². The molecule has 1 heterocycles. The minimum Gasteiger partial charge on any atom is -0.382 e. The zero-order chi connectivity index (χ0) is 11.8. The molecule has 16 heavy (non-hydrogen) atoms. The minimum absolute atomic E-state index is 0.165. The summed E-state index contributed by atoms with van der Waals surface area (Å²) in [5.74, 6) is -0.165. The first kappa shape index (κ1) is 12.6. The van der Waals surface area contributed by atoms with Crippen LogP contribution in [0.1, 0.15) is 29.5 Å². The van der Waals surface area contributed by atoms with E-state index in [2.05, 4.69) is 15.3 Å². The van der Waals surface area contributed by atoms with E-state index in [4.69, 9.17) is 4.74 Å². The van der Waals surface area contributed by atoms with Crippen LogP contribution in [0.4, 0.5) is 0 Å². The molecule has 88 valence electrons. The Morgan fingerprint density at radius 3 is 3.00 bits per heavy atom. The van der Waals surface area contributed by atoms with Gasteiger partial charge in [0.25, 0.3) is 5.91 Å². The molecule has 0 unspecified atom stereocenters. The molecule has 5 nitrogen and oxygen atoms in total. The van der Waals surface area contributed by atoms with E-state index < -0.39 is 0 Å². The van der Waals surface area contributed by atoms with Crippen LogP contribution in [0.5, 0.6) is 0 Å². The fourth-order valence-corrected chi connectivity index (χ4v) is 1.19. The lowest BCUT2D eigenvalue weighted by molar-refractivity contribution is 0.0939. The van der Waals surface area contributed by atoms with Crippen molar-refractivity contribution in [2.45, 2.75) is 20.3 Å². The largest absolute Gasteiger partial charge is 0.382 e. The monoisotopic (exact) mass is 223 g/mol. The van der Waals surface area contributed by atoms with Crippen LogP contribution >= 0.6 is 0 Å². The molecule has 0 aliphatic rings. The molecule has 1 amide bonds. The number of aromatic nitrogens is 2. The van der Waals surface area contributed by atoms with Crippen molar-refractivity contribution in [2.75, 3.05) is 19.8 Å². The van der Waals surface area contributed by atoms with E-state index >= 15 is 0 Å². The number of amides is 1. The maximum atomic E-state index is 11.6. The summed E-state index contributed by atoms with van der Waals surface area (Å²) in [5, 5.41) is 2.78. The summed E-state index contributed by atoms with van der Waals surface area (Å²) < 4.78 is 5.16. The third-order valence-corrected chi connectivity index (χ3v) is 1.99. The van der Waals surface area contributed by atoms with Crippen molar-refractivity contribution in [2.24, 2.45) is 0 Å². The number of nitrogens with zero attached hydrogens (tertiary/aromatic N) is 2. The second-order valence-electron chi connectivity index (χ2n) is 3.35. The number of hydrogen-bond acceptors (Lipinski definition) is 4. The molecule has 0 spiro atoms. The molecule has 0 atom stereocenters. The van der Waals surface area contributed by atoms with Crippen LogP contribution in [0, 0.1) is 6.92 Å². The van der Waals surface area contributed by atoms with Crippen molar-refractivity contribution in [3.63, 3.8) is 0 Å². The third-order valence-electron chi connectivity index (χ3n) is 1.99. The van der Waals surface area contributed by atoms with Gasteiger partial charge in [-0.2, -0.15) is 0 Å². The van der Waals surface area contributed by atoms with Crippen molar-refractivity contribution in [1.29, 1.82) is 0 Å². The fourth-order valence-electron chi connectivity index (χ4n) is 1.19. The van der Waals surface area contributed by atoms with E-state index in [0.717, 1.165) is 12.1 Å². The van der Waals surface area contributed by atoms with Crippen molar-refractivity contribution in [3.8, 4) is 0 Å². The number of aryl methyl sites for hydroxylation is 1. The van der Waals surface area contributed by atoms with E-state index in [1.54, 1.807) is 6.07 Å². The second-order valence-corrected chi connectivity index (χ2v) is 3.35. The van der Waals surface area contributed by atoms with Crippen LogP contribution < -0.4 is 5.32 Å². The Labute approximate surface area is 95.3 Å². The molecule has 1 aromatic heterocycles. The molecule has 0 bridgehead atoms. The predicted molar refractivity (Wildman–Crippen MR) is 60.2 cm³/mol. The zero-order valence-electron chi connectivity index (χ0n) is 9.69. The lowest BCUT2D eigenvalue weighted by Gasteiger charge is -2.04. The molecule has 0 saturated heterocycles. The van der Waals surface area contributed by atoms with Gasteiger partial charge in [0.05, 0.1) is 0 Å². The molecule has 5 heteroatoms. The van der Waals surface area contributed by atoms with Crippen LogP contribution in [-0.2, 0) is 4.74 Å². The van der Waals surface area contributed by atoms with Crippen molar-refractivity contribution in [3.05, 3.63) is 23.8 Å². The van der Waals surface area contributed by atoms with Gasteiger partial charge >= 0.3 is 0 Å². The van der Waals surface area contributed by atoms with Crippen LogP contribution in [0.2, 0.25) is 0 Å². The van der Waals surface area contributed by atoms with E-state index in [0.29, 0.717) is 25.5 Å². The highest BCUT2D eigenvalue weighted by molar-refractivity contribution is 5.92. The quantitative estimate of drug-likeness (QED) is 0.729. The number of nitrogens with one attached hydrogen (secondary N) is 1. The van der Waals surface area contributed by atoms with Gasteiger partial charge in [-0.05, 0) is 26.3 Å². The molecule has 0 aliphatic carbocycles. The Bertz CT molecular complexity index is 342. The summed E-state index contributed by atoms with van der Waals surface area (Å²) in [7, 11) is 0. The number of rotatable bonds is 6. The highest BCUT2D eigenvalue weighted by Gasteiger charge is 2.06. The van der Waals surface area contributed by atoms with Gasteiger partial charge in [0.1, 0.15) is 12.0 Å². The second kappa shape index (κ2) is 6.90. The van der Waals surface area contributed by atoms with E-state index in [1.165, 1.54) is 6.33 Å². The number of ether oxygens (including phenoxy) is 1. The number of carbonyl (C=O) groups is 1. The summed E-state index contributed by atoms with van der Waals surface area (Å²) in [6.07, 6.45) is 2.20. The van der Waals surface area contributed by atoms with Gasteiger partial charge in [-0.3, -0.25) is 4.79 Å². The van der Waals surface area contributed by atoms with Gasteiger partial charge in [-0.15, -0.1) is 0 Å². The first-order chi connectivity index (χ1) is 7.74. The molecule has 1 rings (SSSR count). The summed E-state index contributed by atoms with van der Waals surface area (Å²) in [5.41, 5.74) is 1.19. The first-order valence-corrected chi connectivity index (χ1v) is 5.38. The molecular formula is C11H17N3O2. The summed E-state index contributed by atoms with van der Waals surface area (Å²) in [6.45, 7) is 5.75. The molecule has 0 radical (unpaired) electrons. The van der Waals surface area contributed by atoms with Crippen LogP contribution in [0.25, 0.3) is 0 Å². The molecule has 0 aromatic carbocycles. The van der Waals surface area contributed by atoms with E-state index in [9.17, 15) is 4.79 Å². The molecule has 0 saturated carbocycles. The number of hydrogen-bond donors (Lipinski definition) is 1. The maximum absolute atomic E-state index is 11.6. The highest BCUT2D eigenvalue weighted by atomic mass is 16.5. The topological polar surface area (TPSA) is 64.1 Å². The minimum atomic E-state index is -0.165. The first-order valence-electron chi connectivity index (χ1n) is 5.38. The standard InChI is InChI=1S/C11H17N3O2/c1-3-16-6-4-5-12-11(15)10-7-9(2)13-8-14-10/h7-8H,3-6H2,1-2H3,(H,12,15). The van der Waals surface area contributed by atoms with E-state index in [-0.39, 0.29) is 5.91 Å². The van der Waals surface area contributed by atoms with Crippen molar-refractivity contribution < 1.29 is 9.53 Å².